The van der Waals surface area contributed by atoms with Gasteiger partial charge < -0.3 is 10.5 Å². The third-order valence-corrected chi connectivity index (χ3v) is 2.42. The third kappa shape index (κ3) is 3.82. The molecule has 7 heteroatoms. The van der Waals surface area contributed by atoms with Crippen LogP contribution in [0.4, 0.5) is 18.9 Å². The van der Waals surface area contributed by atoms with Crippen LogP contribution in [-0.4, -0.2) is 22.6 Å². The smallest absolute Gasteiger partial charge is 0.389 e. The maximum absolute atomic E-state index is 12.0. The van der Waals surface area contributed by atoms with Crippen LogP contribution in [0, 0.1) is 6.92 Å². The van der Waals surface area contributed by atoms with Crippen LogP contribution in [0.25, 0.3) is 0 Å². The van der Waals surface area contributed by atoms with Crippen LogP contribution in [0.2, 0.25) is 0 Å². The van der Waals surface area contributed by atoms with Crippen molar-refractivity contribution in [3.05, 3.63) is 5.69 Å². The van der Waals surface area contributed by atoms with Crippen LogP contribution >= 0.6 is 0 Å². The molecule has 1 aromatic rings. The zero-order valence-corrected chi connectivity index (χ0v) is 10.7. The number of nitrogens with two attached hydrogens (primary N) is 1. The molecule has 0 fully saturated rings. The molecule has 0 amide bonds. The lowest BCUT2D eigenvalue weighted by atomic mass is 10.3. The molecule has 0 aliphatic heterocycles. The van der Waals surface area contributed by atoms with E-state index in [0.29, 0.717) is 17.3 Å². The average molecular weight is 265 g/mol. The minimum Gasteiger partial charge on any atom is -0.476 e. The Morgan fingerprint density at radius 1 is 1.39 bits per heavy atom. The maximum Gasteiger partial charge on any atom is 0.389 e. The second-order valence-corrected chi connectivity index (χ2v) is 4.41. The molecule has 18 heavy (non-hydrogen) atoms. The number of nitrogen functional groups attached to an aromatic ring is 1. The van der Waals surface area contributed by atoms with Gasteiger partial charge in [0.1, 0.15) is 5.69 Å². The van der Waals surface area contributed by atoms with Crippen molar-refractivity contribution in [3.63, 3.8) is 0 Å². The fourth-order valence-corrected chi connectivity index (χ4v) is 1.47. The van der Waals surface area contributed by atoms with Crippen molar-refractivity contribution < 1.29 is 17.9 Å². The number of halogens is 3. The lowest BCUT2D eigenvalue weighted by Gasteiger charge is -2.13. The summed E-state index contributed by atoms with van der Waals surface area (Å²) < 4.78 is 42.8. The maximum atomic E-state index is 12.0. The van der Waals surface area contributed by atoms with Crippen LogP contribution in [0.15, 0.2) is 0 Å². The van der Waals surface area contributed by atoms with Crippen molar-refractivity contribution in [2.75, 3.05) is 12.3 Å². The minimum atomic E-state index is -4.15. The van der Waals surface area contributed by atoms with Gasteiger partial charge in [0.15, 0.2) is 0 Å². The molecule has 0 radical (unpaired) electrons. The highest BCUT2D eigenvalue weighted by atomic mass is 19.4. The van der Waals surface area contributed by atoms with Crippen molar-refractivity contribution in [2.45, 2.75) is 45.8 Å². The van der Waals surface area contributed by atoms with Gasteiger partial charge >= 0.3 is 6.18 Å². The van der Waals surface area contributed by atoms with E-state index >= 15 is 0 Å². The number of ether oxygens (including phenoxy) is 1. The first kappa shape index (κ1) is 14.7. The average Bonchev–Trinajstić information content (AvgIpc) is 2.50. The second kappa shape index (κ2) is 5.49. The normalized spacial score (nSPS) is 12.2. The molecule has 0 atom stereocenters. The number of nitrogens with zero attached hydrogens (tertiary/aromatic N) is 2. The number of rotatable bonds is 5. The molecular formula is C11H18F3N3O. The Morgan fingerprint density at radius 2 is 2.00 bits per heavy atom. The van der Waals surface area contributed by atoms with Gasteiger partial charge in [0.25, 0.3) is 0 Å². The summed E-state index contributed by atoms with van der Waals surface area (Å²) in [6.07, 6.45) is -5.10. The Morgan fingerprint density at radius 3 is 2.50 bits per heavy atom. The number of anilines is 1. The topological polar surface area (TPSA) is 53.1 Å². The van der Waals surface area contributed by atoms with E-state index in [0.717, 1.165) is 0 Å². The van der Waals surface area contributed by atoms with Gasteiger partial charge in [0.2, 0.25) is 5.88 Å². The van der Waals surface area contributed by atoms with Crippen molar-refractivity contribution >= 4 is 5.69 Å². The summed E-state index contributed by atoms with van der Waals surface area (Å²) >= 11 is 0. The van der Waals surface area contributed by atoms with E-state index in [2.05, 4.69) is 5.10 Å². The van der Waals surface area contributed by atoms with E-state index in [1.54, 1.807) is 11.6 Å². The Hall–Kier alpha value is -1.40. The predicted molar refractivity (Wildman–Crippen MR) is 62.5 cm³/mol. The van der Waals surface area contributed by atoms with E-state index in [-0.39, 0.29) is 19.1 Å². The fourth-order valence-electron chi connectivity index (χ4n) is 1.47. The molecule has 0 aliphatic carbocycles. The summed E-state index contributed by atoms with van der Waals surface area (Å²) in [4.78, 5) is 0. The zero-order chi connectivity index (χ0) is 13.9. The first-order chi connectivity index (χ1) is 8.22. The minimum absolute atomic E-state index is 0.0262. The Balaban J connectivity index is 2.61. The van der Waals surface area contributed by atoms with Gasteiger partial charge in [0, 0.05) is 6.42 Å². The second-order valence-electron chi connectivity index (χ2n) is 4.41. The van der Waals surface area contributed by atoms with Crippen molar-refractivity contribution in [1.29, 1.82) is 0 Å². The highest BCUT2D eigenvalue weighted by molar-refractivity contribution is 5.52. The lowest BCUT2D eigenvalue weighted by molar-refractivity contribution is -0.136. The molecule has 1 heterocycles. The van der Waals surface area contributed by atoms with Crippen LogP contribution < -0.4 is 10.5 Å². The largest absolute Gasteiger partial charge is 0.476 e. The Labute approximate surface area is 104 Å². The molecular weight excluding hydrogens is 247 g/mol. The summed E-state index contributed by atoms with van der Waals surface area (Å²) in [5, 5.41) is 4.18. The number of hydrogen-bond acceptors (Lipinski definition) is 3. The summed E-state index contributed by atoms with van der Waals surface area (Å²) in [6, 6.07) is 0.0404. The molecule has 0 saturated carbocycles. The molecule has 0 bridgehead atoms. The molecule has 104 valence electrons. The van der Waals surface area contributed by atoms with Crippen LogP contribution in [-0.2, 0) is 0 Å². The molecule has 0 saturated heterocycles. The molecule has 1 aromatic heterocycles. The standard InChI is InChI=1S/C11H18F3N3O/c1-7(2)17-10(9(15)8(3)16-17)18-6-4-5-11(12,13)14/h7H,4-6,15H2,1-3H3. The quantitative estimate of drug-likeness (QED) is 0.832. The first-order valence-corrected chi connectivity index (χ1v) is 5.76. The number of aromatic nitrogens is 2. The molecule has 0 aliphatic rings. The van der Waals surface area contributed by atoms with Gasteiger partial charge in [0.05, 0.1) is 18.3 Å². The summed E-state index contributed by atoms with van der Waals surface area (Å²) in [7, 11) is 0. The van der Waals surface area contributed by atoms with Gasteiger partial charge in [-0.1, -0.05) is 0 Å². The Kier molecular flexibility index (Phi) is 4.48. The van der Waals surface area contributed by atoms with Crippen LogP contribution in [0.5, 0.6) is 5.88 Å². The SMILES string of the molecule is Cc1nn(C(C)C)c(OCCCC(F)(F)F)c1N. The van der Waals surface area contributed by atoms with Gasteiger partial charge in [-0.2, -0.15) is 18.3 Å². The molecule has 4 nitrogen and oxygen atoms in total. The summed E-state index contributed by atoms with van der Waals surface area (Å²) in [6.45, 7) is 5.50. The monoisotopic (exact) mass is 265 g/mol. The highest BCUT2D eigenvalue weighted by Gasteiger charge is 2.26. The molecule has 0 aromatic carbocycles. The van der Waals surface area contributed by atoms with Crippen LogP contribution in [0.1, 0.15) is 38.4 Å². The predicted octanol–water partition coefficient (Wildman–Crippen LogP) is 3.08. The van der Waals surface area contributed by atoms with E-state index in [9.17, 15) is 13.2 Å². The van der Waals surface area contributed by atoms with E-state index in [1.165, 1.54) is 0 Å². The lowest BCUT2D eigenvalue weighted by Crippen LogP contribution is -2.12. The molecule has 2 N–H and O–H groups in total. The van der Waals surface area contributed by atoms with E-state index in [4.69, 9.17) is 10.5 Å². The van der Waals surface area contributed by atoms with Gasteiger partial charge in [-0.05, 0) is 27.2 Å². The number of hydrogen-bond donors (Lipinski definition) is 1. The van der Waals surface area contributed by atoms with Crippen molar-refractivity contribution in [1.82, 2.24) is 9.78 Å². The molecule has 0 spiro atoms. The summed E-state index contributed by atoms with van der Waals surface area (Å²) in [5.41, 5.74) is 6.78. The first-order valence-electron chi connectivity index (χ1n) is 5.76. The van der Waals surface area contributed by atoms with Gasteiger partial charge in [-0.25, -0.2) is 4.68 Å². The molecule has 0 unspecified atom stereocenters. The number of alkyl halides is 3. The molecule has 1 rings (SSSR count). The fraction of sp³-hybridized carbons (Fsp3) is 0.727. The summed E-state index contributed by atoms with van der Waals surface area (Å²) in [5.74, 6) is 0.352. The van der Waals surface area contributed by atoms with Crippen molar-refractivity contribution in [3.8, 4) is 5.88 Å². The zero-order valence-electron chi connectivity index (χ0n) is 10.7. The van der Waals surface area contributed by atoms with E-state index in [1.807, 2.05) is 13.8 Å². The van der Waals surface area contributed by atoms with E-state index < -0.39 is 12.6 Å². The Bertz CT molecular complexity index is 399. The number of aryl methyl sites for hydroxylation is 1. The van der Waals surface area contributed by atoms with Gasteiger partial charge in [-0.15, -0.1) is 0 Å². The van der Waals surface area contributed by atoms with Crippen LogP contribution in [0.3, 0.4) is 0 Å². The van der Waals surface area contributed by atoms with Gasteiger partial charge in [-0.3, -0.25) is 0 Å². The highest BCUT2D eigenvalue weighted by Crippen LogP contribution is 2.28. The van der Waals surface area contributed by atoms with Crippen molar-refractivity contribution in [2.24, 2.45) is 0 Å². The third-order valence-electron chi connectivity index (χ3n) is 2.42.